The molecule has 1 saturated carbocycles. The zero-order valence-corrected chi connectivity index (χ0v) is 17.6. The highest BCUT2D eigenvalue weighted by Crippen LogP contribution is 2.48. The molecular formula is C26H22F2N2O2. The maximum absolute atomic E-state index is 14.4. The van der Waals surface area contributed by atoms with Crippen LogP contribution in [0.3, 0.4) is 0 Å². The van der Waals surface area contributed by atoms with Crippen LogP contribution in [0.15, 0.2) is 71.1 Å². The zero-order chi connectivity index (χ0) is 22.2. The lowest BCUT2D eigenvalue weighted by atomic mass is 10.1. The molecule has 1 fully saturated rings. The first-order chi connectivity index (χ1) is 15.5. The fourth-order valence-corrected chi connectivity index (χ4v) is 4.17. The average molecular weight is 432 g/mol. The first-order valence-electron chi connectivity index (χ1n) is 10.6. The quantitative estimate of drug-likeness (QED) is 0.390. The summed E-state index contributed by atoms with van der Waals surface area (Å²) in [5.74, 6) is -0.892. The van der Waals surface area contributed by atoms with Crippen molar-refractivity contribution in [2.24, 2.45) is 5.92 Å². The molecule has 5 rings (SSSR count). The number of carbonyl (C=O) groups excluding carboxylic acids is 1. The van der Waals surface area contributed by atoms with E-state index in [1.54, 1.807) is 0 Å². The van der Waals surface area contributed by atoms with Crippen molar-refractivity contribution in [3.05, 3.63) is 101 Å². The van der Waals surface area contributed by atoms with E-state index in [1.807, 2.05) is 55.5 Å². The number of aromatic nitrogens is 1. The number of fused-ring (bicyclic) bond motifs is 1. The van der Waals surface area contributed by atoms with E-state index in [2.05, 4.69) is 4.98 Å². The van der Waals surface area contributed by atoms with E-state index in [1.165, 1.54) is 4.90 Å². The normalized spacial score (nSPS) is 17.5. The fourth-order valence-electron chi connectivity index (χ4n) is 4.17. The molecule has 0 spiro atoms. The van der Waals surface area contributed by atoms with Crippen LogP contribution in [0.1, 0.15) is 34.9 Å². The second kappa shape index (κ2) is 8.19. The van der Waals surface area contributed by atoms with E-state index >= 15 is 0 Å². The summed E-state index contributed by atoms with van der Waals surface area (Å²) in [7, 11) is 0. The molecule has 0 radical (unpaired) electrons. The van der Waals surface area contributed by atoms with Crippen LogP contribution in [0.2, 0.25) is 0 Å². The number of hydrogen-bond acceptors (Lipinski definition) is 3. The van der Waals surface area contributed by atoms with E-state index in [-0.39, 0.29) is 36.4 Å². The van der Waals surface area contributed by atoms with Crippen LogP contribution in [0.25, 0.3) is 11.1 Å². The molecule has 4 nitrogen and oxygen atoms in total. The van der Waals surface area contributed by atoms with Crippen LogP contribution in [0.5, 0.6) is 0 Å². The first kappa shape index (κ1) is 20.4. The Morgan fingerprint density at radius 3 is 2.69 bits per heavy atom. The highest BCUT2D eigenvalue weighted by atomic mass is 19.1. The highest BCUT2D eigenvalue weighted by Gasteiger charge is 2.46. The Bertz CT molecular complexity index is 1290. The SMILES string of the molecule is Cc1ccc2oc(CN(Cc3cc(F)ccc3F)C(=O)[C@H]3C[C@@H]3c3ccccc3)nc2c1. The Labute approximate surface area is 184 Å². The summed E-state index contributed by atoms with van der Waals surface area (Å²) >= 11 is 0. The van der Waals surface area contributed by atoms with Gasteiger partial charge in [-0.1, -0.05) is 36.4 Å². The molecule has 0 N–H and O–H groups in total. The largest absolute Gasteiger partial charge is 0.439 e. The summed E-state index contributed by atoms with van der Waals surface area (Å²) in [5, 5.41) is 0. The topological polar surface area (TPSA) is 46.3 Å². The monoisotopic (exact) mass is 432 g/mol. The number of benzene rings is 3. The van der Waals surface area contributed by atoms with E-state index in [0.29, 0.717) is 17.0 Å². The Balaban J connectivity index is 1.42. The fraction of sp³-hybridized carbons (Fsp3) is 0.231. The second-order valence-electron chi connectivity index (χ2n) is 8.37. The van der Waals surface area contributed by atoms with Crippen LogP contribution in [-0.2, 0) is 17.9 Å². The minimum atomic E-state index is -0.548. The number of aryl methyl sites for hydroxylation is 1. The lowest BCUT2D eigenvalue weighted by molar-refractivity contribution is -0.134. The molecule has 32 heavy (non-hydrogen) atoms. The summed E-state index contributed by atoms with van der Waals surface area (Å²) in [6.45, 7) is 1.99. The smallest absolute Gasteiger partial charge is 0.227 e. The van der Waals surface area contributed by atoms with E-state index in [9.17, 15) is 13.6 Å². The lowest BCUT2D eigenvalue weighted by Gasteiger charge is -2.22. The van der Waals surface area contributed by atoms with Crippen molar-refractivity contribution in [2.45, 2.75) is 32.4 Å². The molecule has 1 amide bonds. The van der Waals surface area contributed by atoms with Crippen molar-refractivity contribution in [2.75, 3.05) is 0 Å². The van der Waals surface area contributed by atoms with Gasteiger partial charge in [-0.25, -0.2) is 13.8 Å². The Morgan fingerprint density at radius 1 is 1.06 bits per heavy atom. The molecule has 4 aromatic rings. The molecule has 0 saturated heterocycles. The van der Waals surface area contributed by atoms with Gasteiger partial charge in [0.15, 0.2) is 5.58 Å². The van der Waals surface area contributed by atoms with Gasteiger partial charge in [-0.3, -0.25) is 4.79 Å². The predicted molar refractivity (Wildman–Crippen MR) is 117 cm³/mol. The summed E-state index contributed by atoms with van der Waals surface area (Å²) < 4.78 is 33.9. The first-order valence-corrected chi connectivity index (χ1v) is 10.6. The molecule has 1 aliphatic rings. The van der Waals surface area contributed by atoms with Gasteiger partial charge in [0.25, 0.3) is 0 Å². The van der Waals surface area contributed by atoms with Gasteiger partial charge in [-0.2, -0.15) is 0 Å². The van der Waals surface area contributed by atoms with Crippen LogP contribution >= 0.6 is 0 Å². The van der Waals surface area contributed by atoms with Crippen LogP contribution in [0, 0.1) is 24.5 Å². The molecule has 6 heteroatoms. The Hall–Kier alpha value is -3.54. The van der Waals surface area contributed by atoms with Crippen LogP contribution in [0.4, 0.5) is 8.78 Å². The van der Waals surface area contributed by atoms with Crippen molar-refractivity contribution in [3.63, 3.8) is 0 Å². The maximum atomic E-state index is 14.4. The van der Waals surface area contributed by atoms with Crippen molar-refractivity contribution in [1.29, 1.82) is 0 Å². The molecule has 3 aromatic carbocycles. The van der Waals surface area contributed by atoms with Crippen LogP contribution < -0.4 is 0 Å². The lowest BCUT2D eigenvalue weighted by Crippen LogP contribution is -2.32. The zero-order valence-electron chi connectivity index (χ0n) is 17.6. The van der Waals surface area contributed by atoms with Crippen molar-refractivity contribution in [3.8, 4) is 0 Å². The predicted octanol–water partition coefficient (Wildman–Crippen LogP) is 5.75. The third-order valence-corrected chi connectivity index (χ3v) is 5.93. The third-order valence-electron chi connectivity index (χ3n) is 5.93. The van der Waals surface area contributed by atoms with Crippen LogP contribution in [-0.4, -0.2) is 15.8 Å². The molecule has 0 unspecified atom stereocenters. The molecule has 1 heterocycles. The molecule has 2 atom stereocenters. The summed E-state index contributed by atoms with van der Waals surface area (Å²) in [5.41, 5.74) is 3.62. The molecule has 1 aliphatic carbocycles. The minimum absolute atomic E-state index is 0.0574. The summed E-state index contributed by atoms with van der Waals surface area (Å²) in [4.78, 5) is 19.4. The summed E-state index contributed by atoms with van der Waals surface area (Å²) in [6.07, 6.45) is 0.734. The second-order valence-corrected chi connectivity index (χ2v) is 8.37. The number of carbonyl (C=O) groups is 1. The highest BCUT2D eigenvalue weighted by molar-refractivity contribution is 5.83. The minimum Gasteiger partial charge on any atom is -0.439 e. The molecule has 0 bridgehead atoms. The Kier molecular flexibility index (Phi) is 5.21. The maximum Gasteiger partial charge on any atom is 0.227 e. The van der Waals surface area contributed by atoms with E-state index in [4.69, 9.17) is 4.42 Å². The molecule has 162 valence electrons. The number of hydrogen-bond donors (Lipinski definition) is 0. The van der Waals surface area contributed by atoms with E-state index in [0.717, 1.165) is 35.7 Å². The number of halogens is 2. The number of amides is 1. The van der Waals surface area contributed by atoms with Crippen molar-refractivity contribution < 1.29 is 18.0 Å². The van der Waals surface area contributed by atoms with Gasteiger partial charge in [0.2, 0.25) is 11.8 Å². The van der Waals surface area contributed by atoms with Crippen molar-refractivity contribution >= 4 is 17.0 Å². The van der Waals surface area contributed by atoms with Gasteiger partial charge in [0.1, 0.15) is 17.2 Å². The third kappa shape index (κ3) is 4.13. The number of nitrogens with zero attached hydrogens (tertiary/aromatic N) is 2. The van der Waals surface area contributed by atoms with Gasteiger partial charge in [-0.05, 0) is 60.7 Å². The molecular weight excluding hydrogens is 410 g/mol. The van der Waals surface area contributed by atoms with Gasteiger partial charge in [0.05, 0.1) is 6.54 Å². The van der Waals surface area contributed by atoms with Gasteiger partial charge in [0, 0.05) is 18.0 Å². The molecule has 1 aromatic heterocycles. The standard InChI is InChI=1S/C26H22F2N2O2/c1-16-7-10-24-23(11-16)29-25(32-24)15-30(14-18-12-19(27)8-9-22(18)28)26(31)21-13-20(21)17-5-3-2-4-6-17/h2-12,20-21H,13-15H2,1H3/t20-,21+/m1/s1. The van der Waals surface area contributed by atoms with Gasteiger partial charge < -0.3 is 9.32 Å². The average Bonchev–Trinajstić information content (AvgIpc) is 3.49. The Morgan fingerprint density at radius 2 is 1.88 bits per heavy atom. The van der Waals surface area contributed by atoms with Crippen molar-refractivity contribution in [1.82, 2.24) is 9.88 Å². The van der Waals surface area contributed by atoms with Gasteiger partial charge >= 0.3 is 0 Å². The van der Waals surface area contributed by atoms with Gasteiger partial charge in [-0.15, -0.1) is 0 Å². The molecule has 0 aliphatic heterocycles. The number of rotatable bonds is 6. The number of oxazole rings is 1. The summed E-state index contributed by atoms with van der Waals surface area (Å²) in [6, 6.07) is 18.8. The van der Waals surface area contributed by atoms with E-state index < -0.39 is 11.6 Å².